The van der Waals surface area contributed by atoms with Crippen LogP contribution in [0.2, 0.25) is 0 Å². The number of carbonyl (C=O) groups is 1. The number of ether oxygens (including phenoxy) is 1. The maximum absolute atomic E-state index is 11.4. The van der Waals surface area contributed by atoms with Gasteiger partial charge in [-0.25, -0.2) is 4.79 Å². The fraction of sp³-hybridized carbons (Fsp3) is 0.286. The molecule has 0 aliphatic carbocycles. The van der Waals surface area contributed by atoms with Gasteiger partial charge in [-0.2, -0.15) is 0 Å². The standard InChI is InChI=1S/C21H22N2O3/c24-21(25)17-7-8-22-20-6-3-16(13-18(20)14-17)15-1-4-19(5-2-15)23-9-11-26-12-10-23/h1-6,13-14,22H,7-12H2,(H,24,25). The van der Waals surface area contributed by atoms with E-state index in [2.05, 4.69) is 46.6 Å². The van der Waals surface area contributed by atoms with E-state index in [-0.39, 0.29) is 0 Å². The third-order valence-electron chi connectivity index (χ3n) is 4.94. The van der Waals surface area contributed by atoms with Crippen LogP contribution in [0.1, 0.15) is 12.0 Å². The van der Waals surface area contributed by atoms with Crippen molar-refractivity contribution < 1.29 is 14.6 Å². The Hall–Kier alpha value is -2.79. The average Bonchev–Trinajstić information content (AvgIpc) is 2.91. The Morgan fingerprint density at radius 3 is 2.50 bits per heavy atom. The maximum Gasteiger partial charge on any atom is 0.331 e. The molecule has 0 atom stereocenters. The Bertz CT molecular complexity index is 837. The van der Waals surface area contributed by atoms with Gasteiger partial charge in [0.1, 0.15) is 0 Å². The van der Waals surface area contributed by atoms with Crippen molar-refractivity contribution in [2.75, 3.05) is 43.1 Å². The summed E-state index contributed by atoms with van der Waals surface area (Å²) in [6.45, 7) is 4.04. The highest BCUT2D eigenvalue weighted by atomic mass is 16.5. The third-order valence-corrected chi connectivity index (χ3v) is 4.94. The molecule has 0 unspecified atom stereocenters. The van der Waals surface area contributed by atoms with E-state index in [1.807, 2.05) is 6.07 Å². The van der Waals surface area contributed by atoms with Crippen LogP contribution in [0.5, 0.6) is 0 Å². The molecule has 2 aromatic carbocycles. The molecule has 0 bridgehead atoms. The van der Waals surface area contributed by atoms with Crippen LogP contribution >= 0.6 is 0 Å². The zero-order chi connectivity index (χ0) is 17.9. The van der Waals surface area contributed by atoms with Gasteiger partial charge in [-0.1, -0.05) is 18.2 Å². The maximum atomic E-state index is 11.4. The van der Waals surface area contributed by atoms with Crippen molar-refractivity contribution in [3.8, 4) is 11.1 Å². The fourth-order valence-electron chi connectivity index (χ4n) is 3.47. The second-order valence-corrected chi connectivity index (χ2v) is 6.60. The first-order valence-corrected chi connectivity index (χ1v) is 8.96. The summed E-state index contributed by atoms with van der Waals surface area (Å²) < 4.78 is 5.41. The number of rotatable bonds is 3. The van der Waals surface area contributed by atoms with Crippen LogP contribution in [0.3, 0.4) is 0 Å². The van der Waals surface area contributed by atoms with Crippen molar-refractivity contribution in [1.29, 1.82) is 0 Å². The molecule has 0 amide bonds. The number of nitrogens with one attached hydrogen (secondary N) is 1. The van der Waals surface area contributed by atoms with Gasteiger partial charge in [0.2, 0.25) is 0 Å². The number of hydrogen-bond donors (Lipinski definition) is 2. The molecule has 5 nitrogen and oxygen atoms in total. The molecule has 134 valence electrons. The van der Waals surface area contributed by atoms with E-state index >= 15 is 0 Å². The molecular weight excluding hydrogens is 328 g/mol. The van der Waals surface area contributed by atoms with Crippen LogP contribution in [0.4, 0.5) is 11.4 Å². The largest absolute Gasteiger partial charge is 0.478 e. The van der Waals surface area contributed by atoms with Crippen LogP contribution in [0, 0.1) is 0 Å². The van der Waals surface area contributed by atoms with Gasteiger partial charge in [0.15, 0.2) is 0 Å². The molecule has 5 heteroatoms. The average molecular weight is 350 g/mol. The van der Waals surface area contributed by atoms with E-state index < -0.39 is 5.97 Å². The first-order valence-electron chi connectivity index (χ1n) is 8.96. The molecule has 0 saturated carbocycles. The molecule has 1 saturated heterocycles. The minimum atomic E-state index is -0.847. The predicted octanol–water partition coefficient (Wildman–Crippen LogP) is 3.47. The molecule has 1 fully saturated rings. The van der Waals surface area contributed by atoms with Gasteiger partial charge in [0, 0.05) is 36.6 Å². The first kappa shape index (κ1) is 16.7. The zero-order valence-corrected chi connectivity index (χ0v) is 14.6. The molecule has 2 aromatic rings. The van der Waals surface area contributed by atoms with E-state index in [0.717, 1.165) is 48.7 Å². The summed E-state index contributed by atoms with van der Waals surface area (Å²) in [5.74, 6) is -0.847. The lowest BCUT2D eigenvalue weighted by atomic mass is 10.00. The third kappa shape index (κ3) is 3.44. The molecule has 26 heavy (non-hydrogen) atoms. The molecule has 4 rings (SSSR count). The Kier molecular flexibility index (Phi) is 4.63. The van der Waals surface area contributed by atoms with Crippen LogP contribution in [-0.4, -0.2) is 43.9 Å². The number of carboxylic acid groups (broad SMARTS) is 1. The van der Waals surface area contributed by atoms with Crippen molar-refractivity contribution in [1.82, 2.24) is 0 Å². The summed E-state index contributed by atoms with van der Waals surface area (Å²) in [4.78, 5) is 13.7. The van der Waals surface area contributed by atoms with Gasteiger partial charge in [0.25, 0.3) is 0 Å². The highest BCUT2D eigenvalue weighted by molar-refractivity contribution is 5.94. The van der Waals surface area contributed by atoms with Crippen molar-refractivity contribution in [3.63, 3.8) is 0 Å². The van der Waals surface area contributed by atoms with Crippen molar-refractivity contribution in [3.05, 3.63) is 53.6 Å². The number of carboxylic acids is 1. The molecule has 0 radical (unpaired) electrons. The van der Waals surface area contributed by atoms with Crippen LogP contribution in [-0.2, 0) is 9.53 Å². The predicted molar refractivity (Wildman–Crippen MR) is 104 cm³/mol. The number of aliphatic carboxylic acids is 1. The van der Waals surface area contributed by atoms with Gasteiger partial charge in [-0.15, -0.1) is 0 Å². The highest BCUT2D eigenvalue weighted by Gasteiger charge is 2.14. The molecule has 2 heterocycles. The van der Waals surface area contributed by atoms with Gasteiger partial charge in [-0.05, 0) is 53.5 Å². The van der Waals surface area contributed by atoms with E-state index in [1.54, 1.807) is 6.08 Å². The van der Waals surface area contributed by atoms with Crippen molar-refractivity contribution in [2.45, 2.75) is 6.42 Å². The summed E-state index contributed by atoms with van der Waals surface area (Å²) in [6.07, 6.45) is 2.30. The monoisotopic (exact) mass is 350 g/mol. The summed E-state index contributed by atoms with van der Waals surface area (Å²) in [7, 11) is 0. The van der Waals surface area contributed by atoms with Crippen LogP contribution in [0.25, 0.3) is 17.2 Å². The number of hydrogen-bond acceptors (Lipinski definition) is 4. The number of benzene rings is 2. The van der Waals surface area contributed by atoms with E-state index in [1.165, 1.54) is 5.69 Å². The van der Waals surface area contributed by atoms with Crippen molar-refractivity contribution in [2.24, 2.45) is 0 Å². The quantitative estimate of drug-likeness (QED) is 0.887. The minimum absolute atomic E-state index is 0.441. The SMILES string of the molecule is O=C(O)C1=Cc2cc(-c3ccc(N4CCOCC4)cc3)ccc2NCC1. The number of anilines is 2. The van der Waals surface area contributed by atoms with E-state index in [4.69, 9.17) is 4.74 Å². The van der Waals surface area contributed by atoms with E-state index in [9.17, 15) is 9.90 Å². The second kappa shape index (κ2) is 7.22. The molecule has 2 aliphatic heterocycles. The number of nitrogens with zero attached hydrogens (tertiary/aromatic N) is 1. The minimum Gasteiger partial charge on any atom is -0.478 e. The lowest BCUT2D eigenvalue weighted by molar-refractivity contribution is -0.132. The van der Waals surface area contributed by atoms with Crippen LogP contribution in [0.15, 0.2) is 48.0 Å². The summed E-state index contributed by atoms with van der Waals surface area (Å²) in [5.41, 5.74) is 5.77. The van der Waals surface area contributed by atoms with Crippen molar-refractivity contribution >= 4 is 23.4 Å². The smallest absolute Gasteiger partial charge is 0.331 e. The molecule has 0 aromatic heterocycles. The Morgan fingerprint density at radius 2 is 1.77 bits per heavy atom. The van der Waals surface area contributed by atoms with Gasteiger partial charge in [-0.3, -0.25) is 0 Å². The summed E-state index contributed by atoms with van der Waals surface area (Å²) in [5, 5.41) is 12.6. The Balaban J connectivity index is 1.62. The topological polar surface area (TPSA) is 61.8 Å². The Labute approximate surface area is 152 Å². The fourth-order valence-corrected chi connectivity index (χ4v) is 3.47. The molecular formula is C21H22N2O3. The zero-order valence-electron chi connectivity index (χ0n) is 14.6. The number of morpholine rings is 1. The number of fused-ring (bicyclic) bond motifs is 1. The lowest BCUT2D eigenvalue weighted by Gasteiger charge is -2.28. The van der Waals surface area contributed by atoms with Gasteiger partial charge >= 0.3 is 5.97 Å². The first-order chi connectivity index (χ1) is 12.7. The lowest BCUT2D eigenvalue weighted by Crippen LogP contribution is -2.36. The van der Waals surface area contributed by atoms with Gasteiger partial charge < -0.3 is 20.1 Å². The normalized spacial score (nSPS) is 16.9. The summed E-state index contributed by atoms with van der Waals surface area (Å²) in [6, 6.07) is 14.7. The molecule has 2 aliphatic rings. The molecule has 0 spiro atoms. The van der Waals surface area contributed by atoms with E-state index in [0.29, 0.717) is 18.5 Å². The van der Waals surface area contributed by atoms with Gasteiger partial charge in [0.05, 0.1) is 13.2 Å². The molecule has 2 N–H and O–H groups in total. The summed E-state index contributed by atoms with van der Waals surface area (Å²) >= 11 is 0. The Morgan fingerprint density at radius 1 is 1.04 bits per heavy atom. The highest BCUT2D eigenvalue weighted by Crippen LogP contribution is 2.30. The second-order valence-electron chi connectivity index (χ2n) is 6.60. The van der Waals surface area contributed by atoms with Crippen LogP contribution < -0.4 is 10.2 Å².